The Hall–Kier alpha value is -1.11. The van der Waals surface area contributed by atoms with Gasteiger partial charge in [-0.2, -0.15) is 8.42 Å². The zero-order valence-electron chi connectivity index (χ0n) is 10.1. The molecule has 17 heavy (non-hydrogen) atoms. The second kappa shape index (κ2) is 6.00. The topological polar surface area (TPSA) is 63.5 Å². The van der Waals surface area contributed by atoms with Gasteiger partial charge in [-0.3, -0.25) is 4.55 Å². The summed E-state index contributed by atoms with van der Waals surface area (Å²) in [7, 11) is -2.09. The first-order valence-electron chi connectivity index (χ1n) is 5.36. The fourth-order valence-electron chi connectivity index (χ4n) is 1.53. The van der Waals surface area contributed by atoms with E-state index in [9.17, 15) is 8.42 Å². The Kier molecular flexibility index (Phi) is 4.92. The van der Waals surface area contributed by atoms with Gasteiger partial charge in [0.05, 0.1) is 0 Å². The van der Waals surface area contributed by atoms with Crippen LogP contribution in [0.25, 0.3) is 0 Å². The summed E-state index contributed by atoms with van der Waals surface area (Å²) in [6.45, 7) is 2.85. The molecule has 1 aromatic rings. The number of hydrogen-bond acceptors (Lipinski definition) is 4. The first-order chi connectivity index (χ1) is 7.92. The van der Waals surface area contributed by atoms with Gasteiger partial charge in [0.15, 0.2) is 6.67 Å². The Labute approximate surface area is 102 Å². The Morgan fingerprint density at radius 1 is 1.29 bits per heavy atom. The van der Waals surface area contributed by atoms with Crippen molar-refractivity contribution in [3.05, 3.63) is 30.3 Å². The van der Waals surface area contributed by atoms with Gasteiger partial charge in [0, 0.05) is 12.7 Å². The molecule has 95 valence electrons. The molecule has 1 rings (SSSR count). The van der Waals surface area contributed by atoms with Crippen LogP contribution in [0.15, 0.2) is 30.3 Å². The van der Waals surface area contributed by atoms with Crippen molar-refractivity contribution in [2.24, 2.45) is 0 Å². The summed E-state index contributed by atoms with van der Waals surface area (Å²) in [5.41, 5.74) is 1.00. The van der Waals surface area contributed by atoms with Crippen LogP contribution >= 0.6 is 0 Å². The monoisotopic (exact) mass is 258 g/mol. The Bertz CT molecular complexity index is 433. The van der Waals surface area contributed by atoms with E-state index in [-0.39, 0.29) is 5.88 Å². The maximum Gasteiger partial charge on any atom is 0.321 e. The molecule has 0 amide bonds. The number of nitrogens with zero attached hydrogens (tertiary/aromatic N) is 2. The van der Waals surface area contributed by atoms with Crippen LogP contribution in [0.5, 0.6) is 0 Å². The number of para-hydroxylation sites is 1. The number of rotatable bonds is 6. The van der Waals surface area contributed by atoms with Crippen LogP contribution in [0.2, 0.25) is 0 Å². The van der Waals surface area contributed by atoms with Crippen LogP contribution in [0.3, 0.4) is 0 Å². The second-order valence-corrected chi connectivity index (χ2v) is 5.30. The zero-order chi connectivity index (χ0) is 12.9. The summed E-state index contributed by atoms with van der Waals surface area (Å²) in [4.78, 5) is 3.57. The third-order valence-corrected chi connectivity index (χ3v) is 3.09. The highest BCUT2D eigenvalue weighted by Gasteiger charge is 2.22. The van der Waals surface area contributed by atoms with Crippen LogP contribution in [0.4, 0.5) is 5.69 Å². The van der Waals surface area contributed by atoms with Crippen molar-refractivity contribution in [1.29, 1.82) is 0 Å². The molecule has 0 unspecified atom stereocenters. The van der Waals surface area contributed by atoms with Gasteiger partial charge >= 0.3 is 10.1 Å². The molecule has 0 bridgehead atoms. The second-order valence-electron chi connectivity index (χ2n) is 3.87. The van der Waals surface area contributed by atoms with Crippen molar-refractivity contribution in [1.82, 2.24) is 4.90 Å². The van der Waals surface area contributed by atoms with Crippen LogP contribution in [0, 0.1) is 0 Å². The maximum atomic E-state index is 10.8. The maximum absolute atomic E-state index is 10.8. The summed E-state index contributed by atoms with van der Waals surface area (Å²) in [6, 6.07) is 9.66. The van der Waals surface area contributed by atoms with E-state index < -0.39 is 10.1 Å². The molecule has 0 aliphatic heterocycles. The molecule has 1 aromatic carbocycles. The lowest BCUT2D eigenvalue weighted by Gasteiger charge is -2.20. The third kappa shape index (κ3) is 5.16. The van der Waals surface area contributed by atoms with Gasteiger partial charge in [0.1, 0.15) is 6.54 Å². The van der Waals surface area contributed by atoms with Gasteiger partial charge in [-0.05, 0) is 19.1 Å². The number of benzene rings is 1. The molecule has 0 heterocycles. The molecular formula is C11H18N2O3S+. The number of hydrogen-bond donors (Lipinski definition) is 1. The molecule has 0 aromatic heterocycles. The Morgan fingerprint density at radius 3 is 2.35 bits per heavy atom. The van der Waals surface area contributed by atoms with Crippen molar-refractivity contribution in [3.8, 4) is 0 Å². The zero-order valence-corrected chi connectivity index (χ0v) is 10.9. The minimum Gasteiger partial charge on any atom is -0.324 e. The van der Waals surface area contributed by atoms with Crippen LogP contribution in [-0.4, -0.2) is 39.1 Å². The highest BCUT2D eigenvalue weighted by Crippen LogP contribution is 2.10. The van der Waals surface area contributed by atoms with E-state index in [0.29, 0.717) is 13.2 Å². The smallest absolute Gasteiger partial charge is 0.321 e. The third-order valence-electron chi connectivity index (χ3n) is 2.40. The quantitative estimate of drug-likeness (QED) is 0.471. The van der Waals surface area contributed by atoms with Crippen LogP contribution in [0.1, 0.15) is 6.92 Å². The normalized spacial score (nSPS) is 11.8. The lowest BCUT2D eigenvalue weighted by Crippen LogP contribution is -2.43. The summed E-state index contributed by atoms with van der Waals surface area (Å²) < 4.78 is 30.4. The molecule has 1 N–H and O–H groups in total. The van der Waals surface area contributed by atoms with E-state index in [1.165, 1.54) is 0 Å². The van der Waals surface area contributed by atoms with Crippen LogP contribution < -0.4 is 9.80 Å². The van der Waals surface area contributed by atoms with Gasteiger partial charge in [0.25, 0.3) is 0 Å². The van der Waals surface area contributed by atoms with Crippen molar-refractivity contribution >= 4 is 15.8 Å². The fourth-order valence-corrected chi connectivity index (χ4v) is 2.25. The molecule has 0 atom stereocenters. The largest absolute Gasteiger partial charge is 0.324 e. The molecule has 1 radical (unpaired) electrons. The van der Waals surface area contributed by atoms with Gasteiger partial charge in [-0.1, -0.05) is 18.2 Å². The highest BCUT2D eigenvalue weighted by molar-refractivity contribution is 7.85. The standard InChI is InChI=1S/C11H18N2O3S/c1-3-13(10-17(14,15)16)9-12(2)11-7-5-4-6-8-11/h4-8H,3,9-10H2,1-2H3,(H,14,15,16)/q+1. The predicted octanol–water partition coefficient (Wildman–Crippen LogP) is 1.09. The highest BCUT2D eigenvalue weighted by atomic mass is 32.2. The average molecular weight is 258 g/mol. The van der Waals surface area contributed by atoms with E-state index in [0.717, 1.165) is 5.69 Å². The lowest BCUT2D eigenvalue weighted by molar-refractivity contribution is 0.426. The van der Waals surface area contributed by atoms with E-state index in [4.69, 9.17) is 4.55 Å². The summed E-state index contributed by atoms with van der Waals surface area (Å²) >= 11 is 0. The molecule has 6 heteroatoms. The summed E-state index contributed by atoms with van der Waals surface area (Å²) in [5, 5.41) is 0. The van der Waals surface area contributed by atoms with Gasteiger partial charge < -0.3 is 4.90 Å². The number of anilines is 1. The van der Waals surface area contributed by atoms with E-state index in [1.54, 1.807) is 4.90 Å². The molecule has 0 saturated heterocycles. The molecule has 0 saturated carbocycles. The fraction of sp³-hybridized carbons (Fsp3) is 0.455. The van der Waals surface area contributed by atoms with Crippen LogP contribution in [-0.2, 0) is 10.1 Å². The van der Waals surface area contributed by atoms with Gasteiger partial charge in [-0.15, -0.1) is 4.90 Å². The molecular weight excluding hydrogens is 240 g/mol. The SMILES string of the molecule is CC[N+](CN(C)c1ccccc1)CS(=O)(=O)O. The Balaban J connectivity index is 2.63. The van der Waals surface area contributed by atoms with Crippen molar-refractivity contribution in [2.45, 2.75) is 6.92 Å². The molecule has 5 nitrogen and oxygen atoms in total. The van der Waals surface area contributed by atoms with Crippen molar-refractivity contribution < 1.29 is 13.0 Å². The van der Waals surface area contributed by atoms with E-state index in [1.807, 2.05) is 49.2 Å². The predicted molar refractivity (Wildman–Crippen MR) is 68.8 cm³/mol. The molecule has 0 aliphatic rings. The first kappa shape index (κ1) is 14.0. The van der Waals surface area contributed by atoms with Crippen molar-refractivity contribution in [3.63, 3.8) is 0 Å². The van der Waals surface area contributed by atoms with E-state index in [2.05, 4.69) is 0 Å². The summed E-state index contributed by atoms with van der Waals surface area (Å²) in [5.74, 6) is -0.347. The van der Waals surface area contributed by atoms with E-state index >= 15 is 0 Å². The van der Waals surface area contributed by atoms with Gasteiger partial charge in [0.2, 0.25) is 5.88 Å². The van der Waals surface area contributed by atoms with Gasteiger partial charge in [-0.25, -0.2) is 0 Å². The Morgan fingerprint density at radius 2 is 1.88 bits per heavy atom. The van der Waals surface area contributed by atoms with Crippen molar-refractivity contribution in [2.75, 3.05) is 31.0 Å². The molecule has 0 fully saturated rings. The minimum absolute atomic E-state index is 0.347. The first-order valence-corrected chi connectivity index (χ1v) is 6.97. The average Bonchev–Trinajstić information content (AvgIpc) is 2.27. The lowest BCUT2D eigenvalue weighted by atomic mass is 10.3. The summed E-state index contributed by atoms with van der Waals surface area (Å²) in [6.07, 6.45) is 0. The molecule has 0 aliphatic carbocycles. The molecule has 0 spiro atoms. The minimum atomic E-state index is -3.96.